The van der Waals surface area contributed by atoms with Crippen molar-refractivity contribution in [3.63, 3.8) is 0 Å². The van der Waals surface area contributed by atoms with E-state index < -0.39 is 0 Å². The molecule has 0 amide bonds. The molecule has 4 atom stereocenters. The molecule has 2 fully saturated rings. The molecule has 0 spiro atoms. The van der Waals surface area contributed by atoms with Crippen LogP contribution in [0.3, 0.4) is 0 Å². The molecule has 17 heavy (non-hydrogen) atoms. The summed E-state index contributed by atoms with van der Waals surface area (Å²) in [5.41, 5.74) is 0. The maximum absolute atomic E-state index is 5.94. The Morgan fingerprint density at radius 2 is 2.12 bits per heavy atom. The van der Waals surface area contributed by atoms with E-state index in [-0.39, 0.29) is 0 Å². The Kier molecular flexibility index (Phi) is 5.30. The molecule has 4 unspecified atom stereocenters. The zero-order valence-electron chi connectivity index (χ0n) is 11.6. The van der Waals surface area contributed by atoms with Gasteiger partial charge in [0.2, 0.25) is 0 Å². The van der Waals surface area contributed by atoms with Crippen molar-refractivity contribution >= 4 is 0 Å². The normalized spacial score (nSPS) is 36.0. The molecule has 1 aliphatic heterocycles. The molecule has 2 rings (SSSR count). The van der Waals surface area contributed by atoms with Crippen molar-refractivity contribution in [1.29, 1.82) is 0 Å². The van der Waals surface area contributed by atoms with E-state index >= 15 is 0 Å². The van der Waals surface area contributed by atoms with Crippen molar-refractivity contribution in [3.05, 3.63) is 0 Å². The zero-order chi connectivity index (χ0) is 12.1. The summed E-state index contributed by atoms with van der Waals surface area (Å²) in [6.45, 7) is 6.80. The fourth-order valence-corrected chi connectivity index (χ4v) is 3.61. The van der Waals surface area contributed by atoms with E-state index in [1.54, 1.807) is 0 Å². The molecular weight excluding hydrogens is 210 g/mol. The number of rotatable bonds is 5. The van der Waals surface area contributed by atoms with Crippen LogP contribution < -0.4 is 5.32 Å². The van der Waals surface area contributed by atoms with Crippen molar-refractivity contribution in [1.82, 2.24) is 5.32 Å². The van der Waals surface area contributed by atoms with E-state index in [0.717, 1.165) is 25.0 Å². The van der Waals surface area contributed by atoms with Crippen LogP contribution in [0.15, 0.2) is 0 Å². The van der Waals surface area contributed by atoms with Crippen LogP contribution in [-0.4, -0.2) is 25.3 Å². The average Bonchev–Trinajstić information content (AvgIpc) is 2.83. The second-order valence-electron chi connectivity index (χ2n) is 6.06. The first-order valence-corrected chi connectivity index (χ1v) is 7.66. The fraction of sp³-hybridized carbons (Fsp3) is 1.00. The van der Waals surface area contributed by atoms with Crippen LogP contribution in [-0.2, 0) is 4.74 Å². The average molecular weight is 239 g/mol. The summed E-state index contributed by atoms with van der Waals surface area (Å²) in [6, 6.07) is 0.625. The smallest absolute Gasteiger partial charge is 0.0731 e. The Morgan fingerprint density at radius 1 is 1.24 bits per heavy atom. The summed E-state index contributed by atoms with van der Waals surface area (Å²) in [5.74, 6) is 1.77. The minimum atomic E-state index is 0.497. The second kappa shape index (κ2) is 6.75. The SMILES string of the molecule is CCCNC(C1CCCC(C)C1)C1CCCO1. The molecule has 0 bridgehead atoms. The van der Waals surface area contributed by atoms with Gasteiger partial charge in [0.1, 0.15) is 0 Å². The van der Waals surface area contributed by atoms with Gasteiger partial charge in [-0.05, 0) is 50.5 Å². The largest absolute Gasteiger partial charge is 0.377 e. The van der Waals surface area contributed by atoms with Gasteiger partial charge in [0.05, 0.1) is 6.10 Å². The molecule has 2 nitrogen and oxygen atoms in total. The third kappa shape index (κ3) is 3.69. The summed E-state index contributed by atoms with van der Waals surface area (Å²) >= 11 is 0. The first-order valence-electron chi connectivity index (χ1n) is 7.66. The van der Waals surface area contributed by atoms with Crippen LogP contribution in [0.25, 0.3) is 0 Å². The van der Waals surface area contributed by atoms with Gasteiger partial charge in [0.25, 0.3) is 0 Å². The van der Waals surface area contributed by atoms with Crippen LogP contribution in [0.4, 0.5) is 0 Å². The van der Waals surface area contributed by atoms with Crippen LogP contribution in [0, 0.1) is 11.8 Å². The van der Waals surface area contributed by atoms with Gasteiger partial charge < -0.3 is 10.1 Å². The maximum Gasteiger partial charge on any atom is 0.0731 e. The standard InChI is InChI=1S/C15H29NO/c1-3-9-16-15(14-8-5-10-17-14)13-7-4-6-12(2)11-13/h12-16H,3-11H2,1-2H3. The molecule has 2 aliphatic rings. The van der Waals surface area contributed by atoms with E-state index in [2.05, 4.69) is 19.2 Å². The van der Waals surface area contributed by atoms with Crippen molar-refractivity contribution in [2.45, 2.75) is 70.9 Å². The molecule has 2 heteroatoms. The molecule has 0 aromatic carbocycles. The first kappa shape index (κ1) is 13.4. The van der Waals surface area contributed by atoms with Gasteiger partial charge in [-0.15, -0.1) is 0 Å². The quantitative estimate of drug-likeness (QED) is 0.794. The Hall–Kier alpha value is -0.0800. The van der Waals surface area contributed by atoms with E-state index in [0.29, 0.717) is 12.1 Å². The Morgan fingerprint density at radius 3 is 2.76 bits per heavy atom. The van der Waals surface area contributed by atoms with Crippen LogP contribution in [0.5, 0.6) is 0 Å². The van der Waals surface area contributed by atoms with E-state index in [1.807, 2.05) is 0 Å². The molecule has 0 aromatic heterocycles. The summed E-state index contributed by atoms with van der Waals surface area (Å²) in [5, 5.41) is 3.78. The van der Waals surface area contributed by atoms with Gasteiger partial charge in [0.15, 0.2) is 0 Å². The Bertz CT molecular complexity index is 213. The highest BCUT2D eigenvalue weighted by atomic mass is 16.5. The molecule has 1 heterocycles. The van der Waals surface area contributed by atoms with Gasteiger partial charge in [-0.2, -0.15) is 0 Å². The van der Waals surface area contributed by atoms with Gasteiger partial charge in [0, 0.05) is 12.6 Å². The number of hydrogen-bond donors (Lipinski definition) is 1. The fourth-order valence-electron chi connectivity index (χ4n) is 3.61. The molecule has 1 N–H and O–H groups in total. The molecule has 0 radical (unpaired) electrons. The highest BCUT2D eigenvalue weighted by molar-refractivity contribution is 4.88. The van der Waals surface area contributed by atoms with Gasteiger partial charge in [-0.1, -0.05) is 26.7 Å². The summed E-state index contributed by atoms with van der Waals surface area (Å²) in [6.07, 6.45) is 9.92. The highest BCUT2D eigenvalue weighted by Gasteiger charge is 2.34. The van der Waals surface area contributed by atoms with Crippen molar-refractivity contribution in [2.75, 3.05) is 13.2 Å². The van der Waals surface area contributed by atoms with E-state index in [4.69, 9.17) is 4.74 Å². The predicted molar refractivity (Wildman–Crippen MR) is 72.2 cm³/mol. The Labute approximate surface area is 107 Å². The molecule has 100 valence electrons. The number of nitrogens with one attached hydrogen (secondary N) is 1. The molecule has 1 aliphatic carbocycles. The van der Waals surface area contributed by atoms with Crippen molar-refractivity contribution in [3.8, 4) is 0 Å². The van der Waals surface area contributed by atoms with E-state index in [1.165, 1.54) is 44.9 Å². The van der Waals surface area contributed by atoms with Crippen LogP contribution in [0.1, 0.15) is 58.8 Å². The summed E-state index contributed by atoms with van der Waals surface area (Å²) in [7, 11) is 0. The maximum atomic E-state index is 5.94. The minimum Gasteiger partial charge on any atom is -0.377 e. The topological polar surface area (TPSA) is 21.3 Å². The zero-order valence-corrected chi connectivity index (χ0v) is 11.6. The highest BCUT2D eigenvalue weighted by Crippen LogP contribution is 2.34. The third-order valence-corrected chi connectivity index (χ3v) is 4.48. The lowest BCUT2D eigenvalue weighted by atomic mass is 9.76. The molecular formula is C15H29NO. The van der Waals surface area contributed by atoms with Crippen molar-refractivity contribution < 1.29 is 4.74 Å². The molecule has 1 saturated heterocycles. The Balaban J connectivity index is 1.92. The summed E-state index contributed by atoms with van der Waals surface area (Å²) in [4.78, 5) is 0. The predicted octanol–water partition coefficient (Wildman–Crippen LogP) is 3.36. The lowest BCUT2D eigenvalue weighted by Gasteiger charge is -2.36. The van der Waals surface area contributed by atoms with Gasteiger partial charge >= 0.3 is 0 Å². The van der Waals surface area contributed by atoms with Gasteiger partial charge in [-0.3, -0.25) is 0 Å². The third-order valence-electron chi connectivity index (χ3n) is 4.48. The van der Waals surface area contributed by atoms with Crippen LogP contribution >= 0.6 is 0 Å². The first-order chi connectivity index (χ1) is 8.31. The summed E-state index contributed by atoms with van der Waals surface area (Å²) < 4.78 is 5.94. The lowest BCUT2D eigenvalue weighted by molar-refractivity contribution is 0.0446. The number of hydrogen-bond acceptors (Lipinski definition) is 2. The van der Waals surface area contributed by atoms with Gasteiger partial charge in [-0.25, -0.2) is 0 Å². The monoisotopic (exact) mass is 239 g/mol. The minimum absolute atomic E-state index is 0.497. The lowest BCUT2D eigenvalue weighted by Crippen LogP contribution is -2.46. The second-order valence-corrected chi connectivity index (χ2v) is 6.06. The number of ether oxygens (including phenoxy) is 1. The van der Waals surface area contributed by atoms with Crippen LogP contribution in [0.2, 0.25) is 0 Å². The molecule has 1 saturated carbocycles. The van der Waals surface area contributed by atoms with E-state index in [9.17, 15) is 0 Å². The van der Waals surface area contributed by atoms with Crippen molar-refractivity contribution in [2.24, 2.45) is 11.8 Å². The molecule has 0 aromatic rings.